The van der Waals surface area contributed by atoms with Crippen molar-refractivity contribution < 1.29 is 14.6 Å². The van der Waals surface area contributed by atoms with Crippen LogP contribution in [0.1, 0.15) is 18.1 Å². The van der Waals surface area contributed by atoms with Gasteiger partial charge in [-0.25, -0.2) is 0 Å². The number of hydrogen-bond acceptors (Lipinski definition) is 3. The monoisotopic (exact) mass is 214 g/mol. The van der Waals surface area contributed by atoms with E-state index >= 15 is 0 Å². The summed E-state index contributed by atoms with van der Waals surface area (Å²) in [6, 6.07) is 1.78. The molecule has 0 aliphatic carbocycles. The van der Waals surface area contributed by atoms with Crippen molar-refractivity contribution >= 4 is 11.6 Å². The molecule has 2 rings (SSSR count). The molecule has 1 aliphatic heterocycles. The molecule has 4 heteroatoms. The van der Waals surface area contributed by atoms with E-state index < -0.39 is 0 Å². The molecule has 1 aliphatic rings. The van der Waals surface area contributed by atoms with Crippen LogP contribution < -0.4 is 9.47 Å². The van der Waals surface area contributed by atoms with Crippen molar-refractivity contribution in [1.29, 1.82) is 0 Å². The molecule has 0 radical (unpaired) electrons. The molecule has 0 unspecified atom stereocenters. The van der Waals surface area contributed by atoms with E-state index in [1.54, 1.807) is 6.07 Å². The fourth-order valence-electron chi connectivity index (χ4n) is 1.61. The van der Waals surface area contributed by atoms with Crippen molar-refractivity contribution in [3.8, 4) is 11.5 Å². The molecule has 0 bridgehead atoms. The van der Waals surface area contributed by atoms with Crippen LogP contribution in [0.15, 0.2) is 6.07 Å². The summed E-state index contributed by atoms with van der Waals surface area (Å²) in [5.74, 6) is 1.22. The lowest BCUT2D eigenvalue weighted by Crippen LogP contribution is -1.94. The van der Waals surface area contributed by atoms with Gasteiger partial charge in [0, 0.05) is 0 Å². The van der Waals surface area contributed by atoms with Crippen LogP contribution in [-0.4, -0.2) is 11.9 Å². The van der Waals surface area contributed by atoms with Gasteiger partial charge in [-0.05, 0) is 23.6 Å². The van der Waals surface area contributed by atoms with Crippen molar-refractivity contribution in [3.63, 3.8) is 0 Å². The Morgan fingerprint density at radius 1 is 1.50 bits per heavy atom. The Labute approximate surface area is 87.2 Å². The van der Waals surface area contributed by atoms with Gasteiger partial charge in [0.2, 0.25) is 6.79 Å². The summed E-state index contributed by atoms with van der Waals surface area (Å²) in [6.07, 6.45) is 0.769. The summed E-state index contributed by atoms with van der Waals surface area (Å²) in [5.41, 5.74) is 1.74. The zero-order valence-corrected chi connectivity index (χ0v) is 8.60. The highest BCUT2D eigenvalue weighted by Crippen LogP contribution is 2.42. The highest BCUT2D eigenvalue weighted by Gasteiger charge is 2.21. The molecule has 0 aromatic heterocycles. The van der Waals surface area contributed by atoms with Crippen LogP contribution in [-0.2, 0) is 13.0 Å². The molecular weight excluding hydrogens is 204 g/mol. The smallest absolute Gasteiger partial charge is 0.231 e. The third-order valence-electron chi connectivity index (χ3n) is 2.32. The van der Waals surface area contributed by atoms with E-state index in [1.807, 2.05) is 6.92 Å². The van der Waals surface area contributed by atoms with Crippen molar-refractivity contribution in [2.75, 3.05) is 6.79 Å². The topological polar surface area (TPSA) is 38.7 Å². The largest absolute Gasteiger partial charge is 0.454 e. The Morgan fingerprint density at radius 2 is 2.29 bits per heavy atom. The van der Waals surface area contributed by atoms with Crippen LogP contribution in [0.25, 0.3) is 0 Å². The van der Waals surface area contributed by atoms with Crippen LogP contribution >= 0.6 is 11.6 Å². The Hall–Kier alpha value is -0.930. The molecule has 14 heavy (non-hydrogen) atoms. The van der Waals surface area contributed by atoms with Gasteiger partial charge in [0.1, 0.15) is 0 Å². The Bertz CT molecular complexity index is 363. The number of benzene rings is 1. The molecule has 1 heterocycles. The molecule has 76 valence electrons. The molecule has 1 N–H and O–H groups in total. The highest BCUT2D eigenvalue weighted by molar-refractivity contribution is 6.33. The van der Waals surface area contributed by atoms with Crippen molar-refractivity contribution in [2.45, 2.75) is 20.0 Å². The molecule has 0 amide bonds. The zero-order valence-electron chi connectivity index (χ0n) is 7.84. The lowest BCUT2D eigenvalue weighted by Gasteiger charge is -2.09. The zero-order chi connectivity index (χ0) is 10.1. The Balaban J connectivity index is 2.60. The van der Waals surface area contributed by atoms with Gasteiger partial charge in [0.25, 0.3) is 0 Å². The summed E-state index contributed by atoms with van der Waals surface area (Å²) < 4.78 is 10.4. The van der Waals surface area contributed by atoms with E-state index in [9.17, 15) is 0 Å². The van der Waals surface area contributed by atoms with Crippen molar-refractivity contribution in [2.24, 2.45) is 0 Å². The first kappa shape index (κ1) is 9.62. The number of halogens is 1. The average molecular weight is 215 g/mol. The molecular formula is C10H11ClO3. The SMILES string of the molecule is CCc1c(CO)cc2c(c1Cl)OCO2. The predicted octanol–water partition coefficient (Wildman–Crippen LogP) is 2.12. The van der Waals surface area contributed by atoms with E-state index in [2.05, 4.69) is 0 Å². The van der Waals surface area contributed by atoms with Crippen LogP contribution in [0.2, 0.25) is 5.02 Å². The molecule has 0 atom stereocenters. The van der Waals surface area contributed by atoms with Crippen LogP contribution in [0.5, 0.6) is 11.5 Å². The summed E-state index contributed by atoms with van der Waals surface area (Å²) in [7, 11) is 0. The Morgan fingerprint density at radius 3 is 2.93 bits per heavy atom. The van der Waals surface area contributed by atoms with Crippen LogP contribution in [0.4, 0.5) is 0 Å². The lowest BCUT2D eigenvalue weighted by atomic mass is 10.0. The minimum atomic E-state index is -0.0282. The number of rotatable bonds is 2. The fourth-order valence-corrected chi connectivity index (χ4v) is 2.02. The summed E-state index contributed by atoms with van der Waals surface area (Å²) in [4.78, 5) is 0. The minimum Gasteiger partial charge on any atom is -0.454 e. The number of hydrogen-bond donors (Lipinski definition) is 1. The molecule has 3 nitrogen and oxygen atoms in total. The molecule has 0 fully saturated rings. The van der Waals surface area contributed by atoms with Gasteiger partial charge in [-0.2, -0.15) is 0 Å². The van der Waals surface area contributed by atoms with E-state index in [0.29, 0.717) is 16.5 Å². The maximum atomic E-state index is 9.15. The summed E-state index contributed by atoms with van der Waals surface area (Å²) in [5, 5.41) is 9.71. The molecule has 0 spiro atoms. The van der Waals surface area contributed by atoms with E-state index in [4.69, 9.17) is 26.2 Å². The minimum absolute atomic E-state index is 0.0282. The standard InChI is InChI=1S/C10H11ClO3/c1-2-7-6(4-12)3-8-10(9(7)11)14-5-13-8/h3,12H,2,4-5H2,1H3. The van der Waals surface area contributed by atoms with Gasteiger partial charge < -0.3 is 14.6 Å². The van der Waals surface area contributed by atoms with Gasteiger partial charge in [0.05, 0.1) is 11.6 Å². The molecule has 1 aromatic rings. The average Bonchev–Trinajstić information content (AvgIpc) is 2.65. The first-order valence-electron chi connectivity index (χ1n) is 4.48. The van der Waals surface area contributed by atoms with Crippen molar-refractivity contribution in [3.05, 3.63) is 22.2 Å². The quantitative estimate of drug-likeness (QED) is 0.820. The summed E-state index contributed by atoms with van der Waals surface area (Å²) in [6.45, 7) is 2.16. The van der Waals surface area contributed by atoms with E-state index in [1.165, 1.54) is 0 Å². The van der Waals surface area contributed by atoms with E-state index in [-0.39, 0.29) is 13.4 Å². The second-order valence-corrected chi connectivity index (χ2v) is 3.45. The normalized spacial score (nSPS) is 13.4. The number of aliphatic hydroxyl groups is 1. The van der Waals surface area contributed by atoms with Gasteiger partial charge in [-0.15, -0.1) is 0 Å². The van der Waals surface area contributed by atoms with E-state index in [0.717, 1.165) is 17.5 Å². The third-order valence-corrected chi connectivity index (χ3v) is 2.72. The van der Waals surface area contributed by atoms with Gasteiger partial charge >= 0.3 is 0 Å². The molecule has 1 aromatic carbocycles. The van der Waals surface area contributed by atoms with Gasteiger partial charge in [-0.1, -0.05) is 18.5 Å². The molecule has 0 saturated carbocycles. The van der Waals surface area contributed by atoms with Crippen molar-refractivity contribution in [1.82, 2.24) is 0 Å². The maximum absolute atomic E-state index is 9.15. The second-order valence-electron chi connectivity index (χ2n) is 3.07. The maximum Gasteiger partial charge on any atom is 0.231 e. The lowest BCUT2D eigenvalue weighted by molar-refractivity contribution is 0.174. The fraction of sp³-hybridized carbons (Fsp3) is 0.400. The predicted molar refractivity (Wildman–Crippen MR) is 52.9 cm³/mol. The first-order valence-corrected chi connectivity index (χ1v) is 4.86. The Kier molecular flexibility index (Phi) is 2.52. The molecule has 0 saturated heterocycles. The second kappa shape index (κ2) is 3.67. The third kappa shape index (κ3) is 1.33. The van der Waals surface area contributed by atoms with Gasteiger partial charge in [-0.3, -0.25) is 0 Å². The van der Waals surface area contributed by atoms with Crippen LogP contribution in [0.3, 0.4) is 0 Å². The number of ether oxygens (including phenoxy) is 2. The number of aliphatic hydroxyl groups excluding tert-OH is 1. The van der Waals surface area contributed by atoms with Gasteiger partial charge in [0.15, 0.2) is 11.5 Å². The first-order chi connectivity index (χ1) is 6.77. The summed E-state index contributed by atoms with van der Waals surface area (Å²) >= 11 is 6.12. The van der Waals surface area contributed by atoms with Crippen LogP contribution in [0, 0.1) is 0 Å². The number of fused-ring (bicyclic) bond motifs is 1. The highest BCUT2D eigenvalue weighted by atomic mass is 35.5.